The fourth-order valence-corrected chi connectivity index (χ4v) is 3.33. The number of rotatable bonds is 9. The maximum atomic E-state index is 12.7. The molecule has 3 amide bonds. The van der Waals surface area contributed by atoms with E-state index in [0.29, 0.717) is 16.8 Å². The van der Waals surface area contributed by atoms with Gasteiger partial charge in [0.25, 0.3) is 11.8 Å². The van der Waals surface area contributed by atoms with Gasteiger partial charge in [0.05, 0.1) is 23.0 Å². The van der Waals surface area contributed by atoms with Crippen LogP contribution < -0.4 is 16.4 Å². The predicted octanol–water partition coefficient (Wildman–Crippen LogP) is 3.48. The number of carbonyl (C=O) groups excluding carboxylic acids is 4. The van der Waals surface area contributed by atoms with Crippen LogP contribution in [0.3, 0.4) is 0 Å². The van der Waals surface area contributed by atoms with Crippen molar-refractivity contribution in [1.29, 1.82) is 0 Å². The van der Waals surface area contributed by atoms with Crippen LogP contribution in [0.1, 0.15) is 38.7 Å². The Bertz CT molecular complexity index is 1180. The van der Waals surface area contributed by atoms with E-state index in [9.17, 15) is 19.2 Å². The van der Waals surface area contributed by atoms with Crippen LogP contribution in [0.2, 0.25) is 5.02 Å². The minimum Gasteiger partial charge on any atom is -0.455 e. The van der Waals surface area contributed by atoms with Gasteiger partial charge in [-0.25, -0.2) is 0 Å². The molecule has 0 aliphatic rings. The Labute approximate surface area is 201 Å². The fraction of sp³-hybridized carbons (Fsp3) is 0.120. The lowest BCUT2D eigenvalue weighted by Gasteiger charge is -2.19. The molecule has 0 fully saturated rings. The Morgan fingerprint density at radius 1 is 0.882 bits per heavy atom. The quantitative estimate of drug-likeness (QED) is 0.405. The molecular weight excluding hydrogens is 458 g/mol. The molecular formula is C25H22ClN3O5. The van der Waals surface area contributed by atoms with Gasteiger partial charge < -0.3 is 21.1 Å². The van der Waals surface area contributed by atoms with Gasteiger partial charge in [0.15, 0.2) is 6.61 Å². The third-order valence-electron chi connectivity index (χ3n) is 4.81. The summed E-state index contributed by atoms with van der Waals surface area (Å²) in [5.41, 5.74) is 6.87. The topological polar surface area (TPSA) is 128 Å². The average Bonchev–Trinajstić information content (AvgIpc) is 2.83. The van der Waals surface area contributed by atoms with E-state index in [4.69, 9.17) is 22.1 Å². The monoisotopic (exact) mass is 479 g/mol. The molecule has 9 heteroatoms. The molecule has 0 aromatic heterocycles. The number of esters is 1. The second-order valence-corrected chi connectivity index (χ2v) is 7.68. The van der Waals surface area contributed by atoms with Crippen molar-refractivity contribution in [2.75, 3.05) is 11.9 Å². The second-order valence-electron chi connectivity index (χ2n) is 7.27. The number of benzene rings is 3. The molecule has 4 N–H and O–H groups in total. The van der Waals surface area contributed by atoms with Gasteiger partial charge in [0.2, 0.25) is 5.91 Å². The van der Waals surface area contributed by atoms with E-state index in [-0.39, 0.29) is 17.0 Å². The van der Waals surface area contributed by atoms with Crippen molar-refractivity contribution in [3.05, 3.63) is 101 Å². The number of nitrogens with two attached hydrogens (primary N) is 1. The molecule has 1 atom stereocenters. The summed E-state index contributed by atoms with van der Waals surface area (Å²) >= 11 is 6.11. The van der Waals surface area contributed by atoms with Gasteiger partial charge in [-0.3, -0.25) is 19.2 Å². The van der Waals surface area contributed by atoms with E-state index >= 15 is 0 Å². The van der Waals surface area contributed by atoms with Crippen molar-refractivity contribution in [2.24, 2.45) is 5.73 Å². The van der Waals surface area contributed by atoms with E-state index in [1.165, 1.54) is 24.3 Å². The number of nitrogens with one attached hydrogen (secondary N) is 2. The van der Waals surface area contributed by atoms with Crippen molar-refractivity contribution in [3.63, 3.8) is 0 Å². The normalized spacial score (nSPS) is 11.2. The minimum atomic E-state index is -0.693. The van der Waals surface area contributed by atoms with Crippen LogP contribution in [0.4, 0.5) is 5.69 Å². The van der Waals surface area contributed by atoms with Crippen LogP contribution in [0, 0.1) is 0 Å². The first-order valence-electron chi connectivity index (χ1n) is 10.3. The van der Waals surface area contributed by atoms with E-state index in [2.05, 4.69) is 10.6 Å². The molecule has 0 aliphatic heterocycles. The molecule has 8 nitrogen and oxygen atoms in total. The SMILES string of the molecule is NC(=O)c1ccc(NC(=O)COC(=O)C[C@H](NC(=O)c2ccccc2Cl)c2ccccc2)cc1. The zero-order valence-corrected chi connectivity index (χ0v) is 18.7. The highest BCUT2D eigenvalue weighted by molar-refractivity contribution is 6.33. The van der Waals surface area contributed by atoms with Gasteiger partial charge in [0.1, 0.15) is 0 Å². The number of carbonyl (C=O) groups is 4. The van der Waals surface area contributed by atoms with E-state index < -0.39 is 36.3 Å². The lowest BCUT2D eigenvalue weighted by Crippen LogP contribution is -2.31. The molecule has 0 spiro atoms. The van der Waals surface area contributed by atoms with Crippen molar-refractivity contribution in [2.45, 2.75) is 12.5 Å². The first-order chi connectivity index (χ1) is 16.3. The highest BCUT2D eigenvalue weighted by Gasteiger charge is 2.21. The molecule has 174 valence electrons. The zero-order chi connectivity index (χ0) is 24.5. The van der Waals surface area contributed by atoms with Gasteiger partial charge in [0, 0.05) is 11.3 Å². The van der Waals surface area contributed by atoms with Crippen LogP contribution >= 0.6 is 11.6 Å². The van der Waals surface area contributed by atoms with Crippen LogP contribution in [-0.4, -0.2) is 30.3 Å². The Morgan fingerprint density at radius 3 is 2.18 bits per heavy atom. The largest absolute Gasteiger partial charge is 0.455 e. The lowest BCUT2D eigenvalue weighted by atomic mass is 10.0. The Kier molecular flexibility index (Phi) is 8.37. The Hall–Kier alpha value is -4.17. The van der Waals surface area contributed by atoms with Crippen molar-refractivity contribution < 1.29 is 23.9 Å². The Morgan fingerprint density at radius 2 is 1.53 bits per heavy atom. The first-order valence-corrected chi connectivity index (χ1v) is 10.7. The van der Waals surface area contributed by atoms with E-state index in [1.807, 2.05) is 6.07 Å². The van der Waals surface area contributed by atoms with Gasteiger partial charge in [-0.15, -0.1) is 0 Å². The van der Waals surface area contributed by atoms with Crippen molar-refractivity contribution >= 4 is 41.0 Å². The number of hydrogen-bond acceptors (Lipinski definition) is 5. The molecule has 0 heterocycles. The third kappa shape index (κ3) is 6.91. The zero-order valence-electron chi connectivity index (χ0n) is 18.0. The molecule has 0 saturated carbocycles. The molecule has 0 aliphatic carbocycles. The molecule has 0 saturated heterocycles. The molecule has 0 bridgehead atoms. The van der Waals surface area contributed by atoms with Crippen molar-refractivity contribution in [3.8, 4) is 0 Å². The number of halogens is 1. The number of anilines is 1. The van der Waals surface area contributed by atoms with E-state index in [0.717, 1.165) is 0 Å². The standard InChI is InChI=1S/C25H22ClN3O5/c26-20-9-5-4-8-19(20)25(33)29-21(16-6-2-1-3-7-16)14-23(31)34-15-22(30)28-18-12-10-17(11-13-18)24(27)32/h1-13,21H,14-15H2,(H2,27,32)(H,28,30)(H,29,33)/t21-/m0/s1. The summed E-state index contributed by atoms with van der Waals surface area (Å²) in [4.78, 5) is 48.4. The summed E-state index contributed by atoms with van der Waals surface area (Å²) in [5.74, 6) is -2.25. The maximum absolute atomic E-state index is 12.7. The summed E-state index contributed by atoms with van der Waals surface area (Å²) in [7, 11) is 0. The summed E-state index contributed by atoms with van der Waals surface area (Å²) in [6.45, 7) is -0.517. The highest BCUT2D eigenvalue weighted by Crippen LogP contribution is 2.21. The maximum Gasteiger partial charge on any atom is 0.308 e. The van der Waals surface area contributed by atoms with Gasteiger partial charge in [-0.05, 0) is 42.0 Å². The third-order valence-corrected chi connectivity index (χ3v) is 5.14. The molecule has 3 aromatic carbocycles. The predicted molar refractivity (Wildman–Crippen MR) is 127 cm³/mol. The van der Waals surface area contributed by atoms with E-state index in [1.54, 1.807) is 48.5 Å². The van der Waals surface area contributed by atoms with Crippen LogP contribution in [-0.2, 0) is 14.3 Å². The first kappa shape index (κ1) is 24.5. The summed E-state index contributed by atoms with van der Waals surface area (Å²) in [6, 6.07) is 20.8. The molecule has 0 unspecified atom stereocenters. The lowest BCUT2D eigenvalue weighted by molar-refractivity contribution is -0.147. The molecule has 34 heavy (non-hydrogen) atoms. The highest BCUT2D eigenvalue weighted by atomic mass is 35.5. The molecule has 3 aromatic rings. The fourth-order valence-electron chi connectivity index (χ4n) is 3.11. The summed E-state index contributed by atoms with van der Waals surface area (Å²) in [6.07, 6.45) is -0.194. The number of amides is 3. The smallest absolute Gasteiger partial charge is 0.308 e. The van der Waals surface area contributed by atoms with Crippen LogP contribution in [0.5, 0.6) is 0 Å². The van der Waals surface area contributed by atoms with Crippen molar-refractivity contribution in [1.82, 2.24) is 5.32 Å². The number of ether oxygens (including phenoxy) is 1. The molecule has 3 rings (SSSR count). The number of primary amides is 1. The number of hydrogen-bond donors (Lipinski definition) is 3. The van der Waals surface area contributed by atoms with Crippen LogP contribution in [0.15, 0.2) is 78.9 Å². The molecule has 0 radical (unpaired) electrons. The summed E-state index contributed by atoms with van der Waals surface area (Å²) < 4.78 is 5.10. The Balaban J connectivity index is 1.59. The second kappa shape index (κ2) is 11.6. The average molecular weight is 480 g/mol. The van der Waals surface area contributed by atoms with Gasteiger partial charge in [-0.2, -0.15) is 0 Å². The minimum absolute atomic E-state index is 0.194. The van der Waals surface area contributed by atoms with Gasteiger partial charge >= 0.3 is 5.97 Å². The summed E-state index contributed by atoms with van der Waals surface area (Å²) in [5, 5.41) is 5.64. The van der Waals surface area contributed by atoms with Gasteiger partial charge in [-0.1, -0.05) is 54.1 Å². The van der Waals surface area contributed by atoms with Crippen LogP contribution in [0.25, 0.3) is 0 Å².